The third-order valence-corrected chi connectivity index (χ3v) is 5.98. The first kappa shape index (κ1) is 20.4. The standard InChI is InChI=1S/C23H25N3O3S/c1-30(28,29)24-22-12-5-4-11-21(22)23(27)26-15-13-25(14-16-26)17-19-9-6-8-18-7-2-3-10-20(18)19/h2-12,24H,13-17H2,1H3. The van der Waals surface area contributed by atoms with Crippen molar-refractivity contribution in [3.63, 3.8) is 0 Å². The molecule has 0 saturated carbocycles. The Morgan fingerprint density at radius 1 is 0.900 bits per heavy atom. The summed E-state index contributed by atoms with van der Waals surface area (Å²) in [5, 5.41) is 2.50. The van der Waals surface area contributed by atoms with Crippen LogP contribution in [0.25, 0.3) is 10.8 Å². The van der Waals surface area contributed by atoms with E-state index in [2.05, 4.69) is 46.0 Å². The van der Waals surface area contributed by atoms with Gasteiger partial charge in [-0.2, -0.15) is 0 Å². The summed E-state index contributed by atoms with van der Waals surface area (Å²) >= 11 is 0. The van der Waals surface area contributed by atoms with Crippen LogP contribution in [0.2, 0.25) is 0 Å². The number of hydrogen-bond acceptors (Lipinski definition) is 4. The third kappa shape index (κ3) is 4.63. The van der Waals surface area contributed by atoms with Gasteiger partial charge in [-0.3, -0.25) is 14.4 Å². The number of carbonyl (C=O) groups excluding carboxylic acids is 1. The average molecular weight is 424 g/mol. The lowest BCUT2D eigenvalue weighted by Crippen LogP contribution is -2.48. The predicted molar refractivity (Wildman–Crippen MR) is 120 cm³/mol. The molecule has 1 fully saturated rings. The van der Waals surface area contributed by atoms with Crippen molar-refractivity contribution in [3.8, 4) is 0 Å². The van der Waals surface area contributed by atoms with Gasteiger partial charge in [0.25, 0.3) is 5.91 Å². The fourth-order valence-corrected chi connectivity index (χ4v) is 4.49. The van der Waals surface area contributed by atoms with Gasteiger partial charge < -0.3 is 4.90 Å². The van der Waals surface area contributed by atoms with Crippen molar-refractivity contribution < 1.29 is 13.2 Å². The van der Waals surface area contributed by atoms with Gasteiger partial charge in [0.15, 0.2) is 0 Å². The van der Waals surface area contributed by atoms with E-state index in [4.69, 9.17) is 0 Å². The number of carbonyl (C=O) groups is 1. The van der Waals surface area contributed by atoms with Crippen LogP contribution >= 0.6 is 0 Å². The number of piperazine rings is 1. The normalized spacial score (nSPS) is 15.3. The van der Waals surface area contributed by atoms with Gasteiger partial charge >= 0.3 is 0 Å². The molecule has 1 aliphatic rings. The molecule has 7 heteroatoms. The van der Waals surface area contributed by atoms with Crippen molar-refractivity contribution in [1.29, 1.82) is 0 Å². The fourth-order valence-electron chi connectivity index (χ4n) is 3.91. The summed E-state index contributed by atoms with van der Waals surface area (Å²) in [6, 6.07) is 21.5. The van der Waals surface area contributed by atoms with Crippen LogP contribution in [0.4, 0.5) is 5.69 Å². The zero-order valence-corrected chi connectivity index (χ0v) is 17.7. The summed E-state index contributed by atoms with van der Waals surface area (Å²) in [4.78, 5) is 17.2. The summed E-state index contributed by atoms with van der Waals surface area (Å²) in [7, 11) is -3.45. The van der Waals surface area contributed by atoms with E-state index < -0.39 is 10.0 Å². The van der Waals surface area contributed by atoms with Gasteiger partial charge in [0.1, 0.15) is 0 Å². The molecule has 0 bridgehead atoms. The SMILES string of the molecule is CS(=O)(=O)Nc1ccccc1C(=O)N1CCN(Cc2cccc3ccccc23)CC1. The zero-order valence-electron chi connectivity index (χ0n) is 16.9. The lowest BCUT2D eigenvalue weighted by atomic mass is 10.0. The van der Waals surface area contributed by atoms with Gasteiger partial charge in [-0.25, -0.2) is 8.42 Å². The molecular formula is C23H25N3O3S. The molecule has 6 nitrogen and oxygen atoms in total. The number of sulfonamides is 1. The number of fused-ring (bicyclic) bond motifs is 1. The second kappa shape index (κ2) is 8.45. The molecule has 1 aliphatic heterocycles. The van der Waals surface area contributed by atoms with Crippen LogP contribution in [-0.4, -0.2) is 56.6 Å². The minimum absolute atomic E-state index is 0.147. The molecule has 1 N–H and O–H groups in total. The molecule has 0 radical (unpaired) electrons. The molecule has 30 heavy (non-hydrogen) atoms. The van der Waals surface area contributed by atoms with Crippen molar-refractivity contribution in [1.82, 2.24) is 9.80 Å². The van der Waals surface area contributed by atoms with Crippen LogP contribution in [0, 0.1) is 0 Å². The lowest BCUT2D eigenvalue weighted by molar-refractivity contribution is 0.0630. The van der Waals surface area contributed by atoms with Crippen molar-refractivity contribution in [2.24, 2.45) is 0 Å². The maximum atomic E-state index is 13.0. The molecule has 0 aliphatic carbocycles. The van der Waals surface area contributed by atoms with Crippen molar-refractivity contribution in [3.05, 3.63) is 77.9 Å². The van der Waals surface area contributed by atoms with Crippen molar-refractivity contribution in [2.75, 3.05) is 37.2 Å². The Kier molecular flexibility index (Phi) is 5.74. The Morgan fingerprint density at radius 2 is 1.57 bits per heavy atom. The molecule has 1 amide bonds. The number of hydrogen-bond donors (Lipinski definition) is 1. The smallest absolute Gasteiger partial charge is 0.256 e. The van der Waals surface area contributed by atoms with E-state index in [0.717, 1.165) is 25.9 Å². The molecule has 1 saturated heterocycles. The van der Waals surface area contributed by atoms with Crippen LogP contribution in [0.15, 0.2) is 66.7 Å². The molecule has 0 aromatic heterocycles. The van der Waals surface area contributed by atoms with E-state index in [1.54, 1.807) is 29.2 Å². The summed E-state index contributed by atoms with van der Waals surface area (Å²) < 4.78 is 25.7. The maximum absolute atomic E-state index is 13.0. The molecule has 156 valence electrons. The Balaban J connectivity index is 1.43. The van der Waals surface area contributed by atoms with E-state index in [-0.39, 0.29) is 5.91 Å². The quantitative estimate of drug-likeness (QED) is 0.684. The van der Waals surface area contributed by atoms with Crippen LogP contribution in [-0.2, 0) is 16.6 Å². The van der Waals surface area contributed by atoms with Gasteiger partial charge in [-0.1, -0.05) is 54.6 Å². The maximum Gasteiger partial charge on any atom is 0.256 e. The Bertz CT molecular complexity index is 1160. The predicted octanol–water partition coefficient (Wildman–Crippen LogP) is 3.17. The van der Waals surface area contributed by atoms with Gasteiger partial charge in [-0.15, -0.1) is 0 Å². The van der Waals surface area contributed by atoms with Crippen LogP contribution in [0.3, 0.4) is 0 Å². The molecule has 4 rings (SSSR count). The highest BCUT2D eigenvalue weighted by Gasteiger charge is 2.24. The van der Waals surface area contributed by atoms with E-state index in [1.165, 1.54) is 16.3 Å². The molecule has 0 atom stereocenters. The Morgan fingerprint density at radius 3 is 2.33 bits per heavy atom. The summed E-state index contributed by atoms with van der Waals surface area (Å²) in [6.45, 7) is 3.61. The van der Waals surface area contributed by atoms with E-state index in [1.807, 2.05) is 6.07 Å². The topological polar surface area (TPSA) is 69.7 Å². The minimum atomic E-state index is -3.45. The first-order chi connectivity index (χ1) is 14.4. The zero-order chi connectivity index (χ0) is 21.1. The highest BCUT2D eigenvalue weighted by atomic mass is 32.2. The number of nitrogens with one attached hydrogen (secondary N) is 1. The summed E-state index contributed by atoms with van der Waals surface area (Å²) in [6.07, 6.45) is 1.08. The highest BCUT2D eigenvalue weighted by Crippen LogP contribution is 2.22. The molecule has 3 aromatic carbocycles. The summed E-state index contributed by atoms with van der Waals surface area (Å²) in [5.74, 6) is -0.147. The Hall–Kier alpha value is -2.90. The average Bonchev–Trinajstić information content (AvgIpc) is 2.73. The second-order valence-electron chi connectivity index (χ2n) is 7.63. The number of amides is 1. The molecule has 0 spiro atoms. The first-order valence-electron chi connectivity index (χ1n) is 9.96. The van der Waals surface area contributed by atoms with Gasteiger partial charge in [0.05, 0.1) is 17.5 Å². The molecule has 0 unspecified atom stereocenters. The van der Waals surface area contributed by atoms with Gasteiger partial charge in [0, 0.05) is 32.7 Å². The van der Waals surface area contributed by atoms with E-state index >= 15 is 0 Å². The van der Waals surface area contributed by atoms with E-state index in [0.29, 0.717) is 24.3 Å². The minimum Gasteiger partial charge on any atom is -0.336 e. The van der Waals surface area contributed by atoms with Crippen molar-refractivity contribution in [2.45, 2.75) is 6.54 Å². The second-order valence-corrected chi connectivity index (χ2v) is 9.37. The van der Waals surface area contributed by atoms with Crippen molar-refractivity contribution >= 4 is 32.4 Å². The van der Waals surface area contributed by atoms with Crippen LogP contribution in [0.1, 0.15) is 15.9 Å². The Labute approximate surface area is 177 Å². The lowest BCUT2D eigenvalue weighted by Gasteiger charge is -2.35. The number of rotatable bonds is 5. The fraction of sp³-hybridized carbons (Fsp3) is 0.261. The largest absolute Gasteiger partial charge is 0.336 e. The number of para-hydroxylation sites is 1. The van der Waals surface area contributed by atoms with Gasteiger partial charge in [-0.05, 0) is 28.5 Å². The van der Waals surface area contributed by atoms with Gasteiger partial charge in [0.2, 0.25) is 10.0 Å². The highest BCUT2D eigenvalue weighted by molar-refractivity contribution is 7.92. The van der Waals surface area contributed by atoms with E-state index in [9.17, 15) is 13.2 Å². The molecule has 1 heterocycles. The first-order valence-corrected chi connectivity index (χ1v) is 11.8. The monoisotopic (exact) mass is 423 g/mol. The number of benzene rings is 3. The molecular weight excluding hydrogens is 398 g/mol. The third-order valence-electron chi connectivity index (χ3n) is 5.39. The number of nitrogens with zero attached hydrogens (tertiary/aromatic N) is 2. The molecule has 3 aromatic rings. The van der Waals surface area contributed by atoms with Crippen LogP contribution in [0.5, 0.6) is 0 Å². The summed E-state index contributed by atoms with van der Waals surface area (Å²) in [5.41, 5.74) is 1.99. The van der Waals surface area contributed by atoms with Crippen LogP contribution < -0.4 is 4.72 Å². The number of anilines is 1.